The Morgan fingerprint density at radius 3 is 2.94 bits per heavy atom. The van der Waals surface area contributed by atoms with E-state index in [1.54, 1.807) is 0 Å². The molecule has 3 heterocycles. The summed E-state index contributed by atoms with van der Waals surface area (Å²) >= 11 is 0. The van der Waals surface area contributed by atoms with Crippen LogP contribution in [0.25, 0.3) is 0 Å². The van der Waals surface area contributed by atoms with Gasteiger partial charge in [0.15, 0.2) is 0 Å². The molecule has 2 atom stereocenters. The van der Waals surface area contributed by atoms with Gasteiger partial charge in [-0.2, -0.15) is 0 Å². The van der Waals surface area contributed by atoms with Crippen molar-refractivity contribution < 1.29 is 14.3 Å². The topological polar surface area (TPSA) is 46.6 Å². The number of carbonyl (C=O) groups excluding carboxylic acids is 2. The van der Waals surface area contributed by atoms with E-state index in [4.69, 9.17) is 4.74 Å². The van der Waals surface area contributed by atoms with E-state index in [-0.39, 0.29) is 24.0 Å². The molecule has 3 aliphatic heterocycles. The summed E-state index contributed by atoms with van der Waals surface area (Å²) < 4.78 is 5.35. The van der Waals surface area contributed by atoms with E-state index < -0.39 is 0 Å². The average molecular weight is 221 g/mol. The maximum absolute atomic E-state index is 11.7. The maximum Gasteiger partial charge on any atom is 0.334 e. The van der Waals surface area contributed by atoms with E-state index in [2.05, 4.69) is 0 Å². The van der Waals surface area contributed by atoms with Crippen LogP contribution in [-0.2, 0) is 14.3 Å². The van der Waals surface area contributed by atoms with Crippen molar-refractivity contribution in [2.75, 3.05) is 6.54 Å². The van der Waals surface area contributed by atoms with Crippen LogP contribution in [0, 0.1) is 0 Å². The minimum atomic E-state index is -0.193. The Hall–Kier alpha value is -1.32. The van der Waals surface area contributed by atoms with Gasteiger partial charge in [-0.25, -0.2) is 4.79 Å². The number of amides is 1. The molecule has 0 aromatic rings. The number of hydrogen-bond acceptors (Lipinski definition) is 3. The van der Waals surface area contributed by atoms with Crippen molar-refractivity contribution in [3.8, 4) is 0 Å². The second kappa shape index (κ2) is 3.34. The van der Waals surface area contributed by atoms with Crippen molar-refractivity contribution in [1.29, 1.82) is 0 Å². The molecule has 0 unspecified atom stereocenters. The first-order valence-corrected chi connectivity index (χ1v) is 5.89. The van der Waals surface area contributed by atoms with E-state index >= 15 is 0 Å². The smallest absolute Gasteiger partial charge is 0.334 e. The average Bonchev–Trinajstić information content (AvgIpc) is 2.67. The van der Waals surface area contributed by atoms with Crippen LogP contribution in [0.4, 0.5) is 0 Å². The van der Waals surface area contributed by atoms with Crippen LogP contribution in [0.3, 0.4) is 0 Å². The monoisotopic (exact) mass is 221 g/mol. The number of esters is 1. The summed E-state index contributed by atoms with van der Waals surface area (Å²) in [5.74, 6) is 0.0338. The quantitative estimate of drug-likeness (QED) is 0.574. The standard InChI is InChI=1S/C12H15NO3/c1-7-11-8-4-5-10(14)13(8)6-2-3-9(11)16-12(7)15/h8-9H,2-6H2,1H3/t8-,9+/m0/s1. The molecule has 16 heavy (non-hydrogen) atoms. The van der Waals surface area contributed by atoms with Gasteiger partial charge in [-0.05, 0) is 26.2 Å². The SMILES string of the molecule is CC1=C2[C@@H](CCCN3C(=O)CC[C@@H]23)OC1=O. The lowest BCUT2D eigenvalue weighted by Crippen LogP contribution is -2.34. The van der Waals surface area contributed by atoms with Crippen molar-refractivity contribution in [3.63, 3.8) is 0 Å². The van der Waals surface area contributed by atoms with Gasteiger partial charge in [0.05, 0.1) is 6.04 Å². The first-order chi connectivity index (χ1) is 7.68. The zero-order valence-corrected chi connectivity index (χ0v) is 9.36. The number of hydrogen-bond donors (Lipinski definition) is 0. The number of ether oxygens (including phenoxy) is 1. The normalized spacial score (nSPS) is 33.7. The summed E-state index contributed by atoms with van der Waals surface area (Å²) in [6.45, 7) is 2.64. The summed E-state index contributed by atoms with van der Waals surface area (Å²) in [7, 11) is 0. The lowest BCUT2D eigenvalue weighted by molar-refractivity contribution is -0.140. The van der Waals surface area contributed by atoms with E-state index in [0.29, 0.717) is 6.42 Å². The van der Waals surface area contributed by atoms with Crippen molar-refractivity contribution in [2.45, 2.75) is 44.8 Å². The molecule has 0 N–H and O–H groups in total. The molecule has 4 nitrogen and oxygen atoms in total. The molecule has 0 saturated carbocycles. The van der Waals surface area contributed by atoms with Gasteiger partial charge in [0, 0.05) is 24.1 Å². The molecule has 0 spiro atoms. The second-order valence-electron chi connectivity index (χ2n) is 4.76. The zero-order chi connectivity index (χ0) is 11.3. The number of nitrogens with zero attached hydrogens (tertiary/aromatic N) is 1. The molecule has 3 rings (SSSR count). The Labute approximate surface area is 94.2 Å². The van der Waals surface area contributed by atoms with Crippen LogP contribution in [0.15, 0.2) is 11.1 Å². The summed E-state index contributed by atoms with van der Waals surface area (Å²) in [5, 5.41) is 0. The number of fused-ring (bicyclic) bond motifs is 3. The van der Waals surface area contributed by atoms with Gasteiger partial charge < -0.3 is 9.64 Å². The largest absolute Gasteiger partial charge is 0.454 e. The highest BCUT2D eigenvalue weighted by atomic mass is 16.5. The molecule has 0 aromatic carbocycles. The molecule has 1 amide bonds. The van der Waals surface area contributed by atoms with E-state index in [0.717, 1.165) is 37.0 Å². The lowest BCUT2D eigenvalue weighted by Gasteiger charge is -2.24. The molecule has 0 bridgehead atoms. The van der Waals surface area contributed by atoms with E-state index in [1.165, 1.54) is 0 Å². The van der Waals surface area contributed by atoms with Crippen molar-refractivity contribution in [3.05, 3.63) is 11.1 Å². The summed E-state index contributed by atoms with van der Waals surface area (Å²) in [6.07, 6.45) is 3.19. The van der Waals surface area contributed by atoms with Crippen molar-refractivity contribution in [1.82, 2.24) is 4.90 Å². The maximum atomic E-state index is 11.7. The predicted molar refractivity (Wildman–Crippen MR) is 56.5 cm³/mol. The van der Waals surface area contributed by atoms with Crippen LogP contribution >= 0.6 is 0 Å². The Balaban J connectivity index is 2.03. The van der Waals surface area contributed by atoms with Gasteiger partial charge in [0.25, 0.3) is 0 Å². The third kappa shape index (κ3) is 1.22. The molecule has 0 radical (unpaired) electrons. The third-order valence-electron chi connectivity index (χ3n) is 3.89. The van der Waals surface area contributed by atoms with Gasteiger partial charge in [-0.3, -0.25) is 4.79 Å². The molecule has 3 aliphatic rings. The van der Waals surface area contributed by atoms with Gasteiger partial charge in [-0.15, -0.1) is 0 Å². The number of carbonyl (C=O) groups is 2. The summed E-state index contributed by atoms with van der Waals surface area (Å²) in [6, 6.07) is 0.131. The highest BCUT2D eigenvalue weighted by molar-refractivity contribution is 5.92. The molecule has 0 aliphatic carbocycles. The van der Waals surface area contributed by atoms with Crippen LogP contribution in [0.1, 0.15) is 32.6 Å². The predicted octanol–water partition coefficient (Wildman–Crippen LogP) is 1.01. The van der Waals surface area contributed by atoms with E-state index in [1.807, 2.05) is 11.8 Å². The van der Waals surface area contributed by atoms with Crippen molar-refractivity contribution >= 4 is 11.9 Å². The molecular formula is C12H15NO3. The molecule has 86 valence electrons. The third-order valence-corrected chi connectivity index (χ3v) is 3.89. The number of rotatable bonds is 0. The van der Waals surface area contributed by atoms with Gasteiger partial charge in [0.2, 0.25) is 5.91 Å². The minimum absolute atomic E-state index is 0.0617. The Morgan fingerprint density at radius 2 is 2.12 bits per heavy atom. The van der Waals surface area contributed by atoms with Crippen LogP contribution in [-0.4, -0.2) is 35.5 Å². The Kier molecular flexibility index (Phi) is 2.06. The fraction of sp³-hybridized carbons (Fsp3) is 0.667. The summed E-state index contributed by atoms with van der Waals surface area (Å²) in [5.41, 5.74) is 1.81. The minimum Gasteiger partial charge on any atom is -0.454 e. The van der Waals surface area contributed by atoms with Gasteiger partial charge in [-0.1, -0.05) is 0 Å². The fourth-order valence-corrected chi connectivity index (χ4v) is 3.10. The zero-order valence-electron chi connectivity index (χ0n) is 9.36. The Bertz CT molecular complexity index is 399. The highest BCUT2D eigenvalue weighted by Crippen LogP contribution is 2.38. The second-order valence-corrected chi connectivity index (χ2v) is 4.76. The molecule has 4 heteroatoms. The van der Waals surface area contributed by atoms with Crippen molar-refractivity contribution in [2.24, 2.45) is 0 Å². The molecule has 2 fully saturated rings. The van der Waals surface area contributed by atoms with E-state index in [9.17, 15) is 9.59 Å². The molecule has 2 saturated heterocycles. The fourth-order valence-electron chi connectivity index (χ4n) is 3.10. The van der Waals surface area contributed by atoms with Crippen LogP contribution < -0.4 is 0 Å². The lowest BCUT2D eigenvalue weighted by atomic mass is 9.95. The van der Waals surface area contributed by atoms with Gasteiger partial charge in [0.1, 0.15) is 6.10 Å². The molecular weight excluding hydrogens is 206 g/mol. The first kappa shape index (κ1) is 9.87. The first-order valence-electron chi connectivity index (χ1n) is 5.89. The summed E-state index contributed by atoms with van der Waals surface area (Å²) in [4.78, 5) is 25.2. The van der Waals surface area contributed by atoms with Crippen LogP contribution in [0.5, 0.6) is 0 Å². The van der Waals surface area contributed by atoms with Gasteiger partial charge >= 0.3 is 5.97 Å². The van der Waals surface area contributed by atoms with Crippen LogP contribution in [0.2, 0.25) is 0 Å². The highest BCUT2D eigenvalue weighted by Gasteiger charge is 2.44. The molecule has 0 aromatic heterocycles. The Morgan fingerprint density at radius 1 is 1.31 bits per heavy atom.